The number of imidazole rings is 1. The molecule has 3 heteroatoms. The zero-order chi connectivity index (χ0) is 11.2. The van der Waals surface area contributed by atoms with E-state index in [1.165, 1.54) is 0 Å². The second kappa shape index (κ2) is 3.04. The molecule has 0 N–H and O–H groups in total. The van der Waals surface area contributed by atoms with Crippen LogP contribution in [-0.2, 0) is 0 Å². The summed E-state index contributed by atoms with van der Waals surface area (Å²) in [5, 5.41) is 1.13. The van der Waals surface area contributed by atoms with Crippen LogP contribution in [-0.4, -0.2) is 14.4 Å². The van der Waals surface area contributed by atoms with Gasteiger partial charge >= 0.3 is 0 Å². The smallest absolute Gasteiger partial charge is 0.165 e. The maximum Gasteiger partial charge on any atom is 0.165 e. The number of nitrogens with zero attached hydrogens (tertiary/aromatic N) is 3. The highest BCUT2D eigenvalue weighted by atomic mass is 15.1. The van der Waals surface area contributed by atoms with Gasteiger partial charge in [0, 0.05) is 11.6 Å². The highest BCUT2D eigenvalue weighted by Crippen LogP contribution is 2.20. The van der Waals surface area contributed by atoms with E-state index in [1.807, 2.05) is 47.0 Å². The Bertz CT molecular complexity index is 840. The number of hydrogen-bond donors (Lipinski definition) is 0. The van der Waals surface area contributed by atoms with Crippen molar-refractivity contribution in [3.63, 3.8) is 0 Å². The van der Waals surface area contributed by atoms with Crippen LogP contribution in [0.2, 0.25) is 0 Å². The van der Waals surface area contributed by atoms with E-state index in [9.17, 15) is 0 Å². The van der Waals surface area contributed by atoms with Crippen molar-refractivity contribution in [1.29, 1.82) is 0 Å². The van der Waals surface area contributed by atoms with Gasteiger partial charge in [-0.1, -0.05) is 24.3 Å². The minimum absolute atomic E-state index is 0.916. The van der Waals surface area contributed by atoms with E-state index in [0.29, 0.717) is 0 Å². The van der Waals surface area contributed by atoms with Crippen LogP contribution in [0, 0.1) is 0 Å². The van der Waals surface area contributed by atoms with Gasteiger partial charge < -0.3 is 0 Å². The van der Waals surface area contributed by atoms with Gasteiger partial charge in [0.05, 0.1) is 5.52 Å². The lowest BCUT2D eigenvalue weighted by atomic mass is 10.2. The number of pyridine rings is 2. The molecule has 80 valence electrons. The fourth-order valence-electron chi connectivity index (χ4n) is 2.18. The third-order valence-corrected chi connectivity index (χ3v) is 2.99. The monoisotopic (exact) mass is 219 g/mol. The molecule has 3 aromatic heterocycles. The molecule has 0 saturated carbocycles. The second-order valence-corrected chi connectivity index (χ2v) is 4.06. The maximum absolute atomic E-state index is 4.67. The lowest BCUT2D eigenvalue weighted by Crippen LogP contribution is -1.86. The molecule has 0 atom stereocenters. The minimum Gasteiger partial charge on any atom is -0.284 e. The molecular formula is C14H9N3. The van der Waals surface area contributed by atoms with Crippen LogP contribution in [0.25, 0.3) is 27.7 Å². The predicted molar refractivity (Wildman–Crippen MR) is 68.0 cm³/mol. The van der Waals surface area contributed by atoms with Crippen LogP contribution in [0.4, 0.5) is 0 Å². The zero-order valence-corrected chi connectivity index (χ0v) is 9.04. The second-order valence-electron chi connectivity index (χ2n) is 4.06. The molecule has 0 bridgehead atoms. The molecule has 0 fully saturated rings. The SMILES string of the molecule is c1ccc2nc3c(cc2c1)nc1ccccn13. The summed E-state index contributed by atoms with van der Waals surface area (Å²) in [7, 11) is 0. The fourth-order valence-corrected chi connectivity index (χ4v) is 2.18. The first-order valence-corrected chi connectivity index (χ1v) is 5.54. The number of rotatable bonds is 0. The number of fused-ring (bicyclic) bond motifs is 4. The van der Waals surface area contributed by atoms with Crippen molar-refractivity contribution in [2.24, 2.45) is 0 Å². The summed E-state index contributed by atoms with van der Waals surface area (Å²) in [5.41, 5.74) is 3.80. The highest BCUT2D eigenvalue weighted by molar-refractivity contribution is 5.91. The maximum atomic E-state index is 4.67. The van der Waals surface area contributed by atoms with Crippen LogP contribution in [0.15, 0.2) is 54.7 Å². The van der Waals surface area contributed by atoms with Gasteiger partial charge in [0.2, 0.25) is 0 Å². The molecule has 3 nitrogen and oxygen atoms in total. The van der Waals surface area contributed by atoms with Gasteiger partial charge in [-0.05, 0) is 24.3 Å². The summed E-state index contributed by atoms with van der Waals surface area (Å²) in [4.78, 5) is 9.23. The van der Waals surface area contributed by atoms with E-state index in [4.69, 9.17) is 0 Å². The van der Waals surface area contributed by atoms with Crippen molar-refractivity contribution in [2.45, 2.75) is 0 Å². The average molecular weight is 219 g/mol. The van der Waals surface area contributed by atoms with Crippen LogP contribution in [0.5, 0.6) is 0 Å². The van der Waals surface area contributed by atoms with Gasteiger partial charge in [0.1, 0.15) is 11.2 Å². The molecule has 3 heterocycles. The third kappa shape index (κ3) is 1.16. The molecule has 0 amide bonds. The van der Waals surface area contributed by atoms with Gasteiger partial charge in [-0.15, -0.1) is 0 Å². The molecule has 4 rings (SSSR count). The van der Waals surface area contributed by atoms with Gasteiger partial charge in [0.15, 0.2) is 5.65 Å². The molecule has 4 aromatic rings. The first kappa shape index (κ1) is 8.70. The number of aromatic nitrogens is 3. The molecule has 0 aliphatic rings. The highest BCUT2D eigenvalue weighted by Gasteiger charge is 2.06. The van der Waals surface area contributed by atoms with Crippen molar-refractivity contribution < 1.29 is 0 Å². The van der Waals surface area contributed by atoms with Gasteiger partial charge in [-0.25, -0.2) is 9.97 Å². The van der Waals surface area contributed by atoms with Gasteiger partial charge in [-0.3, -0.25) is 4.40 Å². The van der Waals surface area contributed by atoms with Crippen molar-refractivity contribution in [3.05, 3.63) is 54.7 Å². The largest absolute Gasteiger partial charge is 0.284 e. The van der Waals surface area contributed by atoms with Crippen LogP contribution < -0.4 is 0 Å². The molecule has 17 heavy (non-hydrogen) atoms. The van der Waals surface area contributed by atoms with Crippen LogP contribution >= 0.6 is 0 Å². The Hall–Kier alpha value is -2.42. The minimum atomic E-state index is 0.916. The first-order chi connectivity index (χ1) is 8.42. The number of para-hydroxylation sites is 1. The predicted octanol–water partition coefficient (Wildman–Crippen LogP) is 3.04. The van der Waals surface area contributed by atoms with Gasteiger partial charge in [-0.2, -0.15) is 0 Å². The fraction of sp³-hybridized carbons (Fsp3) is 0. The molecule has 0 aliphatic carbocycles. The van der Waals surface area contributed by atoms with Crippen molar-refractivity contribution >= 4 is 27.7 Å². The summed E-state index contributed by atoms with van der Waals surface area (Å²) in [6.07, 6.45) is 1.99. The molecule has 0 unspecified atom stereocenters. The number of hydrogen-bond acceptors (Lipinski definition) is 2. The van der Waals surface area contributed by atoms with Crippen molar-refractivity contribution in [3.8, 4) is 0 Å². The van der Waals surface area contributed by atoms with E-state index in [0.717, 1.165) is 27.7 Å². The van der Waals surface area contributed by atoms with E-state index >= 15 is 0 Å². The van der Waals surface area contributed by atoms with E-state index in [-0.39, 0.29) is 0 Å². The van der Waals surface area contributed by atoms with E-state index < -0.39 is 0 Å². The molecule has 0 saturated heterocycles. The molecule has 0 aliphatic heterocycles. The molecule has 0 radical (unpaired) electrons. The van der Waals surface area contributed by atoms with Crippen molar-refractivity contribution in [2.75, 3.05) is 0 Å². The number of benzene rings is 1. The van der Waals surface area contributed by atoms with E-state index in [2.05, 4.69) is 22.1 Å². The first-order valence-electron chi connectivity index (χ1n) is 5.54. The van der Waals surface area contributed by atoms with E-state index in [1.54, 1.807) is 0 Å². The lowest BCUT2D eigenvalue weighted by Gasteiger charge is -1.97. The Balaban J connectivity index is 2.28. The molecule has 1 aromatic carbocycles. The topological polar surface area (TPSA) is 30.2 Å². The summed E-state index contributed by atoms with van der Waals surface area (Å²) >= 11 is 0. The Labute approximate surface area is 97.4 Å². The normalized spacial score (nSPS) is 11.5. The Morgan fingerprint density at radius 2 is 1.71 bits per heavy atom. The summed E-state index contributed by atoms with van der Waals surface area (Å²) in [6, 6.07) is 16.2. The quantitative estimate of drug-likeness (QED) is 0.455. The third-order valence-electron chi connectivity index (χ3n) is 2.99. The van der Waals surface area contributed by atoms with Crippen LogP contribution in [0.3, 0.4) is 0 Å². The standard InChI is InChI=1S/C14H9N3/c1-2-6-11-10(5-1)9-12-14(16-11)17-8-4-3-7-13(17)15-12/h1-9H. The Morgan fingerprint density at radius 3 is 2.71 bits per heavy atom. The Morgan fingerprint density at radius 1 is 0.824 bits per heavy atom. The molecule has 0 spiro atoms. The average Bonchev–Trinajstić information content (AvgIpc) is 2.73. The van der Waals surface area contributed by atoms with Crippen LogP contribution in [0.1, 0.15) is 0 Å². The summed E-state index contributed by atoms with van der Waals surface area (Å²) < 4.78 is 2.02. The van der Waals surface area contributed by atoms with Gasteiger partial charge in [0.25, 0.3) is 0 Å². The summed E-state index contributed by atoms with van der Waals surface area (Å²) in [6.45, 7) is 0. The van der Waals surface area contributed by atoms with Crippen molar-refractivity contribution in [1.82, 2.24) is 14.4 Å². The zero-order valence-electron chi connectivity index (χ0n) is 9.04. The lowest BCUT2D eigenvalue weighted by molar-refractivity contribution is 1.20. The molecular weight excluding hydrogens is 210 g/mol. The Kier molecular flexibility index (Phi) is 1.56. The summed E-state index contributed by atoms with van der Waals surface area (Å²) in [5.74, 6) is 0.